The molecule has 168 valence electrons. The molecule has 33 heavy (non-hydrogen) atoms. The number of carbonyl (C=O) groups excluding carboxylic acids is 1. The molecule has 1 fully saturated rings. The van der Waals surface area contributed by atoms with Crippen LogP contribution < -0.4 is 5.48 Å². The fourth-order valence-electron chi connectivity index (χ4n) is 4.86. The standard InChI is InChI=1S/C27H28N4O2/c32-27(29-33)23-8-6-21(7-9-23)19-31-17-13-25-24(10-14-28-26(25)31)22-11-15-30(16-12-22)18-20-4-2-1-3-5-20/h1-10,13-14,17,22,33H,11-12,15-16,18-19H2,(H,29,32). The second-order valence-electron chi connectivity index (χ2n) is 8.75. The molecule has 0 bridgehead atoms. The number of benzene rings is 2. The molecule has 6 heteroatoms. The molecule has 0 atom stereocenters. The summed E-state index contributed by atoms with van der Waals surface area (Å²) in [4.78, 5) is 18.8. The van der Waals surface area contributed by atoms with Crippen molar-refractivity contribution < 1.29 is 10.0 Å². The average molecular weight is 441 g/mol. The Morgan fingerprint density at radius 3 is 2.39 bits per heavy atom. The lowest BCUT2D eigenvalue weighted by molar-refractivity contribution is 0.0706. The maximum atomic E-state index is 11.5. The van der Waals surface area contributed by atoms with Crippen LogP contribution in [0.2, 0.25) is 0 Å². The third-order valence-corrected chi connectivity index (χ3v) is 6.64. The molecule has 1 aliphatic rings. The number of hydrogen-bond acceptors (Lipinski definition) is 4. The van der Waals surface area contributed by atoms with Crippen molar-refractivity contribution >= 4 is 16.9 Å². The Bertz CT molecular complexity index is 1230. The van der Waals surface area contributed by atoms with E-state index in [1.165, 1.54) is 16.5 Å². The van der Waals surface area contributed by atoms with Crippen molar-refractivity contribution in [1.29, 1.82) is 0 Å². The Balaban J connectivity index is 1.28. The molecule has 1 saturated heterocycles. The third-order valence-electron chi connectivity index (χ3n) is 6.64. The van der Waals surface area contributed by atoms with Crippen molar-refractivity contribution in [2.24, 2.45) is 0 Å². The Morgan fingerprint density at radius 2 is 1.67 bits per heavy atom. The van der Waals surface area contributed by atoms with Gasteiger partial charge in [0, 0.05) is 36.4 Å². The summed E-state index contributed by atoms with van der Waals surface area (Å²) >= 11 is 0. The van der Waals surface area contributed by atoms with Gasteiger partial charge in [-0.3, -0.25) is 14.9 Å². The highest BCUT2D eigenvalue weighted by molar-refractivity contribution is 5.93. The van der Waals surface area contributed by atoms with E-state index in [1.54, 1.807) is 17.6 Å². The molecule has 0 saturated carbocycles. The molecule has 1 aliphatic heterocycles. The zero-order valence-corrected chi connectivity index (χ0v) is 18.5. The second kappa shape index (κ2) is 9.57. The number of carbonyl (C=O) groups is 1. The number of hydrogen-bond donors (Lipinski definition) is 2. The number of piperidine rings is 1. The van der Waals surface area contributed by atoms with Gasteiger partial charge >= 0.3 is 0 Å². The quantitative estimate of drug-likeness (QED) is 0.340. The number of pyridine rings is 1. The number of nitrogens with zero attached hydrogens (tertiary/aromatic N) is 3. The number of rotatable bonds is 6. The summed E-state index contributed by atoms with van der Waals surface area (Å²) in [6, 6.07) is 22.3. The summed E-state index contributed by atoms with van der Waals surface area (Å²) in [7, 11) is 0. The van der Waals surface area contributed by atoms with E-state index in [2.05, 4.69) is 63.1 Å². The first-order valence-electron chi connectivity index (χ1n) is 11.4. The predicted octanol–water partition coefficient (Wildman–Crippen LogP) is 4.58. The summed E-state index contributed by atoms with van der Waals surface area (Å²) in [5.74, 6) is 0.0451. The summed E-state index contributed by atoms with van der Waals surface area (Å²) in [5.41, 5.74) is 6.94. The van der Waals surface area contributed by atoms with Gasteiger partial charge in [0.05, 0.1) is 0 Å². The fourth-order valence-corrected chi connectivity index (χ4v) is 4.86. The van der Waals surface area contributed by atoms with E-state index < -0.39 is 5.91 Å². The molecular weight excluding hydrogens is 412 g/mol. The van der Waals surface area contributed by atoms with E-state index >= 15 is 0 Å². The van der Waals surface area contributed by atoms with Crippen molar-refractivity contribution in [3.8, 4) is 0 Å². The maximum Gasteiger partial charge on any atom is 0.274 e. The molecule has 2 aromatic carbocycles. The molecule has 2 N–H and O–H groups in total. The largest absolute Gasteiger partial charge is 0.328 e. The Kier molecular flexibility index (Phi) is 6.19. The zero-order valence-electron chi connectivity index (χ0n) is 18.5. The lowest BCUT2D eigenvalue weighted by atomic mass is 9.88. The number of fused-ring (bicyclic) bond motifs is 1. The molecule has 0 radical (unpaired) electrons. The Hall–Kier alpha value is -3.48. The van der Waals surface area contributed by atoms with Crippen LogP contribution in [0.1, 0.15) is 45.8 Å². The summed E-state index contributed by atoms with van der Waals surface area (Å²) in [5, 5.41) is 10.0. The molecule has 0 spiro atoms. The van der Waals surface area contributed by atoms with Crippen molar-refractivity contribution in [3.63, 3.8) is 0 Å². The van der Waals surface area contributed by atoms with Gasteiger partial charge < -0.3 is 4.57 Å². The zero-order chi connectivity index (χ0) is 22.6. The monoisotopic (exact) mass is 440 g/mol. The van der Waals surface area contributed by atoms with Gasteiger partial charge in [-0.05, 0) is 72.8 Å². The summed E-state index contributed by atoms with van der Waals surface area (Å²) in [6.45, 7) is 3.92. The predicted molar refractivity (Wildman–Crippen MR) is 128 cm³/mol. The number of nitrogens with one attached hydrogen (secondary N) is 1. The number of amides is 1. The van der Waals surface area contributed by atoms with Crippen LogP contribution in [-0.2, 0) is 13.1 Å². The SMILES string of the molecule is O=C(NO)c1ccc(Cn2ccc3c(C4CCN(Cc5ccccc5)CC4)ccnc32)cc1. The molecule has 0 aliphatic carbocycles. The van der Waals surface area contributed by atoms with Crippen LogP contribution in [0.4, 0.5) is 0 Å². The van der Waals surface area contributed by atoms with Crippen LogP contribution in [-0.4, -0.2) is 38.7 Å². The van der Waals surface area contributed by atoms with E-state index in [0.29, 0.717) is 18.0 Å². The van der Waals surface area contributed by atoms with Gasteiger partial charge in [-0.2, -0.15) is 0 Å². The highest BCUT2D eigenvalue weighted by Crippen LogP contribution is 2.33. The highest BCUT2D eigenvalue weighted by atomic mass is 16.5. The maximum absolute atomic E-state index is 11.5. The number of hydroxylamine groups is 1. The number of aromatic nitrogens is 2. The van der Waals surface area contributed by atoms with Gasteiger partial charge in [-0.1, -0.05) is 42.5 Å². The van der Waals surface area contributed by atoms with Gasteiger partial charge in [0.25, 0.3) is 5.91 Å². The van der Waals surface area contributed by atoms with E-state index in [0.717, 1.165) is 43.7 Å². The van der Waals surface area contributed by atoms with Crippen LogP contribution in [0.15, 0.2) is 79.1 Å². The van der Waals surface area contributed by atoms with E-state index in [-0.39, 0.29) is 0 Å². The van der Waals surface area contributed by atoms with Crippen LogP contribution in [0.25, 0.3) is 11.0 Å². The minimum absolute atomic E-state index is 0.428. The van der Waals surface area contributed by atoms with Gasteiger partial charge in [0.1, 0.15) is 5.65 Å². The van der Waals surface area contributed by atoms with Crippen molar-refractivity contribution in [2.45, 2.75) is 31.8 Å². The summed E-state index contributed by atoms with van der Waals surface area (Å²) < 4.78 is 2.16. The normalized spacial score (nSPS) is 15.1. The Morgan fingerprint density at radius 1 is 0.939 bits per heavy atom. The molecule has 1 amide bonds. The minimum Gasteiger partial charge on any atom is -0.328 e. The van der Waals surface area contributed by atoms with Crippen LogP contribution in [0, 0.1) is 0 Å². The first-order valence-corrected chi connectivity index (χ1v) is 11.4. The van der Waals surface area contributed by atoms with Crippen molar-refractivity contribution in [2.75, 3.05) is 13.1 Å². The second-order valence-corrected chi connectivity index (χ2v) is 8.75. The van der Waals surface area contributed by atoms with Gasteiger partial charge in [0.2, 0.25) is 0 Å². The molecule has 2 aromatic heterocycles. The van der Waals surface area contributed by atoms with Gasteiger partial charge in [0.15, 0.2) is 0 Å². The van der Waals surface area contributed by atoms with Crippen LogP contribution in [0.5, 0.6) is 0 Å². The van der Waals surface area contributed by atoms with E-state index in [1.807, 2.05) is 18.3 Å². The van der Waals surface area contributed by atoms with Gasteiger partial charge in [-0.15, -0.1) is 0 Å². The molecule has 6 nitrogen and oxygen atoms in total. The smallest absolute Gasteiger partial charge is 0.274 e. The lowest BCUT2D eigenvalue weighted by Crippen LogP contribution is -2.32. The molecule has 3 heterocycles. The number of likely N-dealkylation sites (tertiary alicyclic amines) is 1. The molecule has 4 aromatic rings. The first kappa shape index (κ1) is 21.4. The van der Waals surface area contributed by atoms with Crippen molar-refractivity contribution in [1.82, 2.24) is 19.9 Å². The Labute approximate surface area is 193 Å². The molecule has 5 rings (SSSR count). The van der Waals surface area contributed by atoms with E-state index in [9.17, 15) is 4.79 Å². The minimum atomic E-state index is -0.505. The molecule has 0 unspecified atom stereocenters. The van der Waals surface area contributed by atoms with Crippen LogP contribution in [0.3, 0.4) is 0 Å². The first-order chi connectivity index (χ1) is 16.2. The average Bonchev–Trinajstić information content (AvgIpc) is 3.28. The highest BCUT2D eigenvalue weighted by Gasteiger charge is 2.23. The fraction of sp³-hybridized carbons (Fsp3) is 0.259. The summed E-state index contributed by atoms with van der Waals surface area (Å²) in [6.07, 6.45) is 6.34. The van der Waals surface area contributed by atoms with E-state index in [4.69, 9.17) is 5.21 Å². The topological polar surface area (TPSA) is 70.4 Å². The third kappa shape index (κ3) is 4.67. The van der Waals surface area contributed by atoms with Crippen molar-refractivity contribution in [3.05, 3.63) is 101 Å². The van der Waals surface area contributed by atoms with Gasteiger partial charge in [-0.25, -0.2) is 10.5 Å². The molecular formula is C27H28N4O2. The van der Waals surface area contributed by atoms with Crippen LogP contribution >= 0.6 is 0 Å². The lowest BCUT2D eigenvalue weighted by Gasteiger charge is -2.32.